The maximum atomic E-state index is 13.5. The van der Waals surface area contributed by atoms with Crippen molar-refractivity contribution >= 4 is 28.2 Å². The molecule has 196 valence electrons. The van der Waals surface area contributed by atoms with E-state index in [-0.39, 0.29) is 5.56 Å². The number of ether oxygens (including phenoxy) is 1. The highest BCUT2D eigenvalue weighted by Crippen LogP contribution is 2.28. The second-order valence-electron chi connectivity index (χ2n) is 9.55. The van der Waals surface area contributed by atoms with Gasteiger partial charge in [-0.05, 0) is 55.6 Å². The van der Waals surface area contributed by atoms with Crippen molar-refractivity contribution in [3.8, 4) is 22.7 Å². The fraction of sp³-hybridized carbons (Fsp3) is 0.200. The molecule has 0 aliphatic carbocycles. The minimum atomic E-state index is -0.286. The molecule has 2 aromatic heterocycles. The lowest BCUT2D eigenvalue weighted by molar-refractivity contribution is 0.313. The summed E-state index contributed by atoms with van der Waals surface area (Å²) in [5.74, 6) is 1.07. The topological polar surface area (TPSA) is 88.4 Å². The highest BCUT2D eigenvalue weighted by molar-refractivity contribution is 5.91. The third kappa shape index (κ3) is 5.04. The summed E-state index contributed by atoms with van der Waals surface area (Å²) in [5.41, 5.74) is 4.24. The quantitative estimate of drug-likeness (QED) is 0.354. The van der Waals surface area contributed by atoms with E-state index in [0.717, 1.165) is 37.4 Å². The molecule has 0 saturated carbocycles. The standard InChI is InChI=1S/C30H29N7O2/c1-35-15-17-36(18-16-35)23-13-11-22(12-14-23)32-30-31-20-26-28(33-30)27(21-7-6-10-25(19-21)39-2)34-37(29(26)38)24-8-4-3-5-9-24/h3-14,19-20H,15-18H2,1-2H3,(H,31,32,33). The Morgan fingerprint density at radius 3 is 2.38 bits per heavy atom. The van der Waals surface area contributed by atoms with Crippen LogP contribution in [-0.2, 0) is 0 Å². The van der Waals surface area contributed by atoms with E-state index >= 15 is 0 Å². The van der Waals surface area contributed by atoms with Crippen LogP contribution in [0.25, 0.3) is 27.8 Å². The number of nitrogens with one attached hydrogen (secondary N) is 1. The summed E-state index contributed by atoms with van der Waals surface area (Å²) in [5, 5.41) is 8.42. The number of likely N-dealkylation sites (N-methyl/N-ethyl adjacent to an activating group) is 1. The first-order valence-corrected chi connectivity index (χ1v) is 12.9. The highest BCUT2D eigenvalue weighted by atomic mass is 16.5. The smallest absolute Gasteiger partial charge is 0.282 e. The van der Waals surface area contributed by atoms with Gasteiger partial charge in [0.1, 0.15) is 17.0 Å². The van der Waals surface area contributed by atoms with Crippen LogP contribution in [0.1, 0.15) is 0 Å². The molecule has 9 nitrogen and oxygen atoms in total. The van der Waals surface area contributed by atoms with Gasteiger partial charge < -0.3 is 19.9 Å². The summed E-state index contributed by atoms with van der Waals surface area (Å²) in [7, 11) is 3.77. The van der Waals surface area contributed by atoms with E-state index in [4.69, 9.17) is 14.8 Å². The lowest BCUT2D eigenvalue weighted by atomic mass is 10.1. The van der Waals surface area contributed by atoms with Crippen molar-refractivity contribution in [2.75, 3.05) is 50.6 Å². The number of hydrogen-bond acceptors (Lipinski definition) is 8. The maximum Gasteiger partial charge on any atom is 0.282 e. The Hall–Kier alpha value is -4.76. The van der Waals surface area contributed by atoms with E-state index in [1.807, 2.05) is 66.7 Å². The lowest BCUT2D eigenvalue weighted by Gasteiger charge is -2.34. The molecule has 3 heterocycles. The van der Waals surface area contributed by atoms with Gasteiger partial charge in [-0.3, -0.25) is 4.79 Å². The van der Waals surface area contributed by atoms with Crippen LogP contribution in [-0.4, -0.2) is 65.0 Å². The van der Waals surface area contributed by atoms with Gasteiger partial charge in [0.15, 0.2) is 0 Å². The molecule has 39 heavy (non-hydrogen) atoms. The second kappa shape index (κ2) is 10.5. The van der Waals surface area contributed by atoms with Gasteiger partial charge in [0.05, 0.1) is 18.2 Å². The van der Waals surface area contributed by atoms with Crippen molar-refractivity contribution in [1.82, 2.24) is 24.6 Å². The molecule has 1 aliphatic rings. The van der Waals surface area contributed by atoms with Gasteiger partial charge in [0.2, 0.25) is 5.95 Å². The normalized spacial score (nSPS) is 13.9. The van der Waals surface area contributed by atoms with E-state index in [0.29, 0.717) is 34.0 Å². The van der Waals surface area contributed by atoms with E-state index in [1.54, 1.807) is 13.3 Å². The van der Waals surface area contributed by atoms with Crippen molar-refractivity contribution in [2.24, 2.45) is 0 Å². The number of anilines is 3. The van der Waals surface area contributed by atoms with Gasteiger partial charge in [0.25, 0.3) is 5.56 Å². The van der Waals surface area contributed by atoms with Crippen molar-refractivity contribution in [2.45, 2.75) is 0 Å². The SMILES string of the molecule is COc1cccc(-c2nn(-c3ccccc3)c(=O)c3cnc(Nc4ccc(N5CCN(C)CC5)cc4)nc23)c1. The molecule has 6 rings (SSSR count). The fourth-order valence-corrected chi connectivity index (χ4v) is 4.74. The van der Waals surface area contributed by atoms with Crippen molar-refractivity contribution in [3.63, 3.8) is 0 Å². The highest BCUT2D eigenvalue weighted by Gasteiger charge is 2.18. The summed E-state index contributed by atoms with van der Waals surface area (Å²) in [6, 6.07) is 25.2. The van der Waals surface area contributed by atoms with Crippen LogP contribution in [0.15, 0.2) is 89.9 Å². The summed E-state index contributed by atoms with van der Waals surface area (Å²) in [6.07, 6.45) is 1.57. The predicted molar refractivity (Wildman–Crippen MR) is 154 cm³/mol. The monoisotopic (exact) mass is 519 g/mol. The van der Waals surface area contributed by atoms with Crippen LogP contribution in [0.5, 0.6) is 5.75 Å². The first-order valence-electron chi connectivity index (χ1n) is 12.9. The summed E-state index contributed by atoms with van der Waals surface area (Å²) in [6.45, 7) is 4.14. The molecule has 5 aromatic rings. The molecule has 9 heteroatoms. The number of para-hydroxylation sites is 1. The zero-order valence-electron chi connectivity index (χ0n) is 21.9. The summed E-state index contributed by atoms with van der Waals surface area (Å²) >= 11 is 0. The first kappa shape index (κ1) is 24.6. The minimum Gasteiger partial charge on any atom is -0.497 e. The number of hydrogen-bond donors (Lipinski definition) is 1. The van der Waals surface area contributed by atoms with Gasteiger partial charge in [0, 0.05) is 49.3 Å². The van der Waals surface area contributed by atoms with E-state index < -0.39 is 0 Å². The molecular weight excluding hydrogens is 490 g/mol. The number of aromatic nitrogens is 4. The van der Waals surface area contributed by atoms with Gasteiger partial charge in [-0.25, -0.2) is 9.97 Å². The Balaban J connectivity index is 1.39. The van der Waals surface area contributed by atoms with E-state index in [9.17, 15) is 4.79 Å². The molecule has 0 unspecified atom stereocenters. The zero-order chi connectivity index (χ0) is 26.8. The first-order chi connectivity index (χ1) is 19.1. The van der Waals surface area contributed by atoms with Crippen molar-refractivity contribution in [3.05, 3.63) is 95.4 Å². The number of methoxy groups -OCH3 is 1. The predicted octanol–water partition coefficient (Wildman–Crippen LogP) is 4.35. The van der Waals surface area contributed by atoms with Crippen LogP contribution >= 0.6 is 0 Å². The molecule has 0 bridgehead atoms. The van der Waals surface area contributed by atoms with Crippen LogP contribution < -0.4 is 20.5 Å². The molecule has 3 aromatic carbocycles. The third-order valence-corrected chi connectivity index (χ3v) is 6.97. The molecule has 1 fully saturated rings. The Kier molecular flexibility index (Phi) is 6.64. The Morgan fingerprint density at radius 1 is 0.872 bits per heavy atom. The molecule has 0 radical (unpaired) electrons. The number of benzene rings is 3. The van der Waals surface area contributed by atoms with Gasteiger partial charge in [-0.15, -0.1) is 0 Å². The average molecular weight is 520 g/mol. The van der Waals surface area contributed by atoms with Crippen molar-refractivity contribution < 1.29 is 4.74 Å². The fourth-order valence-electron chi connectivity index (χ4n) is 4.74. The maximum absolute atomic E-state index is 13.5. The minimum absolute atomic E-state index is 0.286. The Bertz CT molecular complexity index is 1660. The van der Waals surface area contributed by atoms with Crippen LogP contribution in [0.2, 0.25) is 0 Å². The number of fused-ring (bicyclic) bond motifs is 1. The lowest BCUT2D eigenvalue weighted by Crippen LogP contribution is -2.44. The second-order valence-corrected chi connectivity index (χ2v) is 9.55. The van der Waals surface area contributed by atoms with Gasteiger partial charge in [-0.1, -0.05) is 30.3 Å². The van der Waals surface area contributed by atoms with Crippen LogP contribution in [0, 0.1) is 0 Å². The molecule has 1 saturated heterocycles. The molecule has 1 N–H and O–H groups in total. The van der Waals surface area contributed by atoms with Gasteiger partial charge >= 0.3 is 0 Å². The van der Waals surface area contributed by atoms with Crippen LogP contribution in [0.3, 0.4) is 0 Å². The zero-order valence-corrected chi connectivity index (χ0v) is 21.9. The molecular formula is C30H29N7O2. The largest absolute Gasteiger partial charge is 0.497 e. The molecule has 0 amide bonds. The average Bonchev–Trinajstić information content (AvgIpc) is 2.99. The van der Waals surface area contributed by atoms with E-state index in [1.165, 1.54) is 10.4 Å². The Labute approximate surface area is 226 Å². The Morgan fingerprint density at radius 2 is 1.64 bits per heavy atom. The molecule has 0 spiro atoms. The number of nitrogens with zero attached hydrogens (tertiary/aromatic N) is 6. The third-order valence-electron chi connectivity index (χ3n) is 6.97. The number of rotatable bonds is 6. The summed E-state index contributed by atoms with van der Waals surface area (Å²) in [4.78, 5) is 27.5. The van der Waals surface area contributed by atoms with E-state index in [2.05, 4.69) is 39.3 Å². The number of piperazine rings is 1. The van der Waals surface area contributed by atoms with Crippen LogP contribution in [0.4, 0.5) is 17.3 Å². The van der Waals surface area contributed by atoms with Gasteiger partial charge in [-0.2, -0.15) is 9.78 Å². The summed E-state index contributed by atoms with van der Waals surface area (Å²) < 4.78 is 6.83. The molecule has 1 aliphatic heterocycles. The van der Waals surface area contributed by atoms with Crippen molar-refractivity contribution in [1.29, 1.82) is 0 Å². The molecule has 0 atom stereocenters.